The first-order valence-electron chi connectivity index (χ1n) is 10.2. The van der Waals surface area contributed by atoms with Gasteiger partial charge in [0.25, 0.3) is 0 Å². The molecule has 0 saturated carbocycles. The number of ether oxygens (including phenoxy) is 2. The molecule has 3 rings (SSSR count). The van der Waals surface area contributed by atoms with Crippen molar-refractivity contribution in [1.29, 1.82) is 0 Å². The molecule has 2 N–H and O–H groups in total. The molecule has 0 unspecified atom stereocenters. The van der Waals surface area contributed by atoms with Crippen molar-refractivity contribution in [2.24, 2.45) is 4.99 Å². The number of hydrogen-bond acceptors (Lipinski definition) is 5. The molecule has 158 valence electrons. The Bertz CT molecular complexity index is 755. The van der Waals surface area contributed by atoms with E-state index in [0.29, 0.717) is 6.54 Å². The number of rotatable bonds is 9. The number of benzene rings is 1. The van der Waals surface area contributed by atoms with Crippen LogP contribution in [0.1, 0.15) is 16.9 Å². The van der Waals surface area contributed by atoms with E-state index in [1.54, 1.807) is 13.4 Å². The number of methoxy groups -OCH3 is 1. The van der Waals surface area contributed by atoms with Crippen LogP contribution in [-0.2, 0) is 17.7 Å². The zero-order chi connectivity index (χ0) is 20.3. The fraction of sp³-hybridized carbons (Fsp3) is 0.500. The van der Waals surface area contributed by atoms with Crippen molar-refractivity contribution in [3.8, 4) is 5.75 Å². The normalized spacial score (nSPS) is 15.3. The first-order chi connectivity index (χ1) is 14.2. The zero-order valence-electron chi connectivity index (χ0n) is 17.4. The first kappa shape index (κ1) is 21.2. The molecule has 2 aromatic rings. The summed E-state index contributed by atoms with van der Waals surface area (Å²) in [5.41, 5.74) is 2.24. The van der Waals surface area contributed by atoms with Crippen LogP contribution >= 0.6 is 0 Å². The zero-order valence-corrected chi connectivity index (χ0v) is 17.4. The van der Waals surface area contributed by atoms with Crippen molar-refractivity contribution < 1.29 is 13.9 Å². The molecule has 0 aliphatic carbocycles. The summed E-state index contributed by atoms with van der Waals surface area (Å²) in [7, 11) is 1.70. The van der Waals surface area contributed by atoms with Crippen LogP contribution in [0.5, 0.6) is 5.75 Å². The molecule has 29 heavy (non-hydrogen) atoms. The maximum atomic E-state index is 5.51. The van der Waals surface area contributed by atoms with Gasteiger partial charge in [-0.15, -0.1) is 0 Å². The van der Waals surface area contributed by atoms with E-state index in [-0.39, 0.29) is 0 Å². The SMILES string of the molecule is COc1cc(C)ccc1CN=C(NCCc1ccco1)NCCN1CCOCC1. The Morgan fingerprint density at radius 3 is 2.76 bits per heavy atom. The molecule has 1 saturated heterocycles. The van der Waals surface area contributed by atoms with E-state index < -0.39 is 0 Å². The molecule has 0 atom stereocenters. The summed E-state index contributed by atoms with van der Waals surface area (Å²) in [6.07, 6.45) is 2.51. The lowest BCUT2D eigenvalue weighted by Gasteiger charge is -2.26. The standard InChI is InChI=1S/C22H32N4O3/c1-18-5-6-19(21(16-18)27-2)17-25-22(23-8-7-20-4-3-13-29-20)24-9-10-26-11-14-28-15-12-26/h3-6,13,16H,7-12,14-15,17H2,1-2H3,(H2,23,24,25). The molecule has 1 aromatic carbocycles. The third kappa shape index (κ3) is 7.11. The van der Waals surface area contributed by atoms with Crippen molar-refractivity contribution in [2.75, 3.05) is 53.0 Å². The molecule has 0 bridgehead atoms. The second-order valence-electron chi connectivity index (χ2n) is 7.12. The fourth-order valence-electron chi connectivity index (χ4n) is 3.24. The third-order valence-electron chi connectivity index (χ3n) is 4.92. The Morgan fingerprint density at radius 2 is 2.00 bits per heavy atom. The number of morpholine rings is 1. The molecular formula is C22H32N4O3. The van der Waals surface area contributed by atoms with E-state index in [4.69, 9.17) is 18.9 Å². The van der Waals surface area contributed by atoms with Gasteiger partial charge >= 0.3 is 0 Å². The molecule has 0 amide bonds. The van der Waals surface area contributed by atoms with E-state index in [1.165, 1.54) is 5.56 Å². The quantitative estimate of drug-likeness (QED) is 0.497. The maximum Gasteiger partial charge on any atom is 0.191 e. The van der Waals surface area contributed by atoms with Gasteiger partial charge in [0.05, 0.1) is 33.1 Å². The van der Waals surface area contributed by atoms with Crippen molar-refractivity contribution in [1.82, 2.24) is 15.5 Å². The average Bonchev–Trinajstić information content (AvgIpc) is 3.26. The van der Waals surface area contributed by atoms with Crippen molar-refractivity contribution in [2.45, 2.75) is 19.9 Å². The highest BCUT2D eigenvalue weighted by atomic mass is 16.5. The number of aliphatic imine (C=N–C) groups is 1. The van der Waals surface area contributed by atoms with Gasteiger partial charge in [-0.05, 0) is 30.7 Å². The van der Waals surface area contributed by atoms with Crippen LogP contribution in [0.4, 0.5) is 0 Å². The highest BCUT2D eigenvalue weighted by Gasteiger charge is 2.10. The Morgan fingerprint density at radius 1 is 1.17 bits per heavy atom. The minimum Gasteiger partial charge on any atom is -0.496 e. The summed E-state index contributed by atoms with van der Waals surface area (Å²) in [4.78, 5) is 7.18. The van der Waals surface area contributed by atoms with Crippen LogP contribution in [0.25, 0.3) is 0 Å². The maximum absolute atomic E-state index is 5.51. The third-order valence-corrected chi connectivity index (χ3v) is 4.92. The highest BCUT2D eigenvalue weighted by Crippen LogP contribution is 2.20. The Hall–Kier alpha value is -2.51. The lowest BCUT2D eigenvalue weighted by molar-refractivity contribution is 0.0389. The molecule has 7 heteroatoms. The smallest absolute Gasteiger partial charge is 0.191 e. The second-order valence-corrected chi connectivity index (χ2v) is 7.12. The Labute approximate surface area is 173 Å². The van der Waals surface area contributed by atoms with Crippen molar-refractivity contribution in [3.05, 3.63) is 53.5 Å². The van der Waals surface area contributed by atoms with Gasteiger partial charge in [-0.3, -0.25) is 4.90 Å². The molecule has 2 heterocycles. The van der Waals surface area contributed by atoms with Gasteiger partial charge in [-0.2, -0.15) is 0 Å². The van der Waals surface area contributed by atoms with E-state index >= 15 is 0 Å². The lowest BCUT2D eigenvalue weighted by atomic mass is 10.1. The molecule has 7 nitrogen and oxygen atoms in total. The second kappa shape index (κ2) is 11.5. The number of hydrogen-bond donors (Lipinski definition) is 2. The van der Waals surface area contributed by atoms with Crippen LogP contribution in [0.3, 0.4) is 0 Å². The van der Waals surface area contributed by atoms with E-state index in [9.17, 15) is 0 Å². The van der Waals surface area contributed by atoms with Gasteiger partial charge in [-0.1, -0.05) is 12.1 Å². The summed E-state index contributed by atoms with van der Waals surface area (Å²) < 4.78 is 16.3. The van der Waals surface area contributed by atoms with Crippen LogP contribution in [-0.4, -0.2) is 63.9 Å². The van der Waals surface area contributed by atoms with E-state index in [1.807, 2.05) is 18.2 Å². The molecule has 0 radical (unpaired) electrons. The van der Waals surface area contributed by atoms with E-state index in [2.05, 4.69) is 34.6 Å². The Balaban J connectivity index is 1.56. The predicted molar refractivity (Wildman–Crippen MR) is 115 cm³/mol. The van der Waals surface area contributed by atoms with Crippen LogP contribution in [0, 0.1) is 6.92 Å². The average molecular weight is 401 g/mol. The number of aryl methyl sites for hydroxylation is 1. The van der Waals surface area contributed by atoms with E-state index in [0.717, 1.165) is 75.4 Å². The van der Waals surface area contributed by atoms with Crippen LogP contribution in [0.2, 0.25) is 0 Å². The van der Waals surface area contributed by atoms with Gasteiger partial charge < -0.3 is 24.5 Å². The van der Waals surface area contributed by atoms with Gasteiger partial charge in [0, 0.05) is 44.7 Å². The van der Waals surface area contributed by atoms with Crippen molar-refractivity contribution >= 4 is 5.96 Å². The largest absolute Gasteiger partial charge is 0.496 e. The van der Waals surface area contributed by atoms with Crippen LogP contribution in [0.15, 0.2) is 46.0 Å². The topological polar surface area (TPSA) is 71.3 Å². The van der Waals surface area contributed by atoms with Gasteiger partial charge in [0.2, 0.25) is 0 Å². The summed E-state index contributed by atoms with van der Waals surface area (Å²) >= 11 is 0. The molecule has 1 aliphatic heterocycles. The summed E-state index contributed by atoms with van der Waals surface area (Å²) in [5.74, 6) is 2.63. The number of guanidine groups is 1. The molecular weight excluding hydrogens is 368 g/mol. The fourth-order valence-corrected chi connectivity index (χ4v) is 3.24. The van der Waals surface area contributed by atoms with Gasteiger partial charge in [0.15, 0.2) is 5.96 Å². The molecule has 1 aromatic heterocycles. The predicted octanol–water partition coefficient (Wildman–Crippen LogP) is 2.21. The number of nitrogens with zero attached hydrogens (tertiary/aromatic N) is 2. The van der Waals surface area contributed by atoms with Gasteiger partial charge in [-0.25, -0.2) is 4.99 Å². The first-order valence-corrected chi connectivity index (χ1v) is 10.2. The number of furan rings is 1. The monoisotopic (exact) mass is 400 g/mol. The number of nitrogens with one attached hydrogen (secondary N) is 2. The minimum atomic E-state index is 0.553. The Kier molecular flexibility index (Phi) is 8.40. The van der Waals surface area contributed by atoms with Crippen molar-refractivity contribution in [3.63, 3.8) is 0 Å². The molecule has 1 fully saturated rings. The summed E-state index contributed by atoms with van der Waals surface area (Å²) in [5, 5.41) is 6.86. The van der Waals surface area contributed by atoms with Crippen LogP contribution < -0.4 is 15.4 Å². The molecule has 1 aliphatic rings. The minimum absolute atomic E-state index is 0.553. The lowest BCUT2D eigenvalue weighted by Crippen LogP contribution is -2.44. The summed E-state index contributed by atoms with van der Waals surface area (Å²) in [6, 6.07) is 10.1. The molecule has 0 spiro atoms. The van der Waals surface area contributed by atoms with Gasteiger partial charge in [0.1, 0.15) is 11.5 Å². The summed E-state index contributed by atoms with van der Waals surface area (Å²) in [6.45, 7) is 8.77. The highest BCUT2D eigenvalue weighted by molar-refractivity contribution is 5.79.